The lowest BCUT2D eigenvalue weighted by Crippen LogP contribution is -2.43. The lowest BCUT2D eigenvalue weighted by Gasteiger charge is -2.37. The predicted octanol–water partition coefficient (Wildman–Crippen LogP) is 3.18. The van der Waals surface area contributed by atoms with Crippen LogP contribution in [0.4, 0.5) is 0 Å². The Balaban J connectivity index is 3.07. The van der Waals surface area contributed by atoms with Crippen molar-refractivity contribution in [2.45, 2.75) is 38.8 Å². The van der Waals surface area contributed by atoms with E-state index in [1.807, 2.05) is 18.2 Å². The lowest BCUT2D eigenvalue weighted by atomic mass is 9.87. The molecule has 0 spiro atoms. The number of hydrogen-bond acceptors (Lipinski definition) is 4. The highest BCUT2D eigenvalue weighted by molar-refractivity contribution is 5.37. The molecule has 0 aromatic heterocycles. The molecular formula is C17H29NO3. The molecule has 0 bridgehead atoms. The molecule has 120 valence electrons. The minimum absolute atomic E-state index is 0.0799. The van der Waals surface area contributed by atoms with Crippen molar-refractivity contribution < 1.29 is 14.2 Å². The quantitative estimate of drug-likeness (QED) is 0.673. The first-order valence-corrected chi connectivity index (χ1v) is 7.62. The third-order valence-electron chi connectivity index (χ3n) is 3.96. The van der Waals surface area contributed by atoms with E-state index in [1.165, 1.54) is 0 Å². The van der Waals surface area contributed by atoms with Gasteiger partial charge in [0.15, 0.2) is 0 Å². The number of ether oxygens (including phenoxy) is 3. The van der Waals surface area contributed by atoms with Gasteiger partial charge in [0.25, 0.3) is 0 Å². The van der Waals surface area contributed by atoms with Gasteiger partial charge in [0.05, 0.1) is 18.2 Å². The minimum atomic E-state index is -0.281. The van der Waals surface area contributed by atoms with Crippen molar-refractivity contribution in [3.8, 4) is 5.75 Å². The van der Waals surface area contributed by atoms with Crippen LogP contribution in [-0.4, -0.2) is 39.6 Å². The molecule has 0 aliphatic carbocycles. The Hall–Kier alpha value is -1.10. The van der Waals surface area contributed by atoms with Crippen molar-refractivity contribution in [3.05, 3.63) is 29.8 Å². The van der Waals surface area contributed by atoms with Crippen molar-refractivity contribution in [3.63, 3.8) is 0 Å². The van der Waals surface area contributed by atoms with Gasteiger partial charge < -0.3 is 19.5 Å². The third-order valence-corrected chi connectivity index (χ3v) is 3.96. The van der Waals surface area contributed by atoms with Crippen molar-refractivity contribution in [2.75, 3.05) is 34.0 Å². The van der Waals surface area contributed by atoms with Gasteiger partial charge in [-0.05, 0) is 26.0 Å². The number of hydrogen-bond donors (Lipinski definition) is 1. The summed E-state index contributed by atoms with van der Waals surface area (Å²) < 4.78 is 16.7. The van der Waals surface area contributed by atoms with Gasteiger partial charge >= 0.3 is 0 Å². The van der Waals surface area contributed by atoms with Crippen molar-refractivity contribution in [2.24, 2.45) is 0 Å². The van der Waals surface area contributed by atoms with E-state index in [4.69, 9.17) is 14.2 Å². The Morgan fingerprint density at radius 2 is 1.86 bits per heavy atom. The van der Waals surface area contributed by atoms with Crippen LogP contribution in [0.1, 0.15) is 38.8 Å². The Labute approximate surface area is 128 Å². The molecule has 0 heterocycles. The average Bonchev–Trinajstić information content (AvgIpc) is 2.53. The maximum Gasteiger partial charge on any atom is 0.124 e. The number of rotatable bonds is 10. The second kappa shape index (κ2) is 9.03. The first-order chi connectivity index (χ1) is 10.1. The molecule has 1 rings (SSSR count). The fraction of sp³-hybridized carbons (Fsp3) is 0.647. The molecule has 21 heavy (non-hydrogen) atoms. The molecule has 1 aromatic rings. The molecule has 2 unspecified atom stereocenters. The van der Waals surface area contributed by atoms with Gasteiger partial charge in [-0.3, -0.25) is 0 Å². The summed E-state index contributed by atoms with van der Waals surface area (Å²) >= 11 is 0. The summed E-state index contributed by atoms with van der Waals surface area (Å²) in [6.45, 7) is 8.37. The second-order valence-corrected chi connectivity index (χ2v) is 5.24. The van der Waals surface area contributed by atoms with E-state index in [1.54, 1.807) is 14.2 Å². The number of benzene rings is 1. The molecule has 0 amide bonds. The van der Waals surface area contributed by atoms with Gasteiger partial charge in [0, 0.05) is 19.8 Å². The molecule has 4 nitrogen and oxygen atoms in total. The summed E-state index contributed by atoms with van der Waals surface area (Å²) in [5, 5.41) is 3.54. The van der Waals surface area contributed by atoms with Crippen LogP contribution < -0.4 is 10.1 Å². The first-order valence-electron chi connectivity index (χ1n) is 7.62. The maximum absolute atomic E-state index is 5.87. The van der Waals surface area contributed by atoms with Crippen molar-refractivity contribution >= 4 is 0 Å². The zero-order valence-corrected chi connectivity index (χ0v) is 13.9. The molecule has 2 atom stereocenters. The van der Waals surface area contributed by atoms with Gasteiger partial charge in [-0.25, -0.2) is 0 Å². The third kappa shape index (κ3) is 4.70. The van der Waals surface area contributed by atoms with Gasteiger partial charge in [-0.1, -0.05) is 32.0 Å². The molecular weight excluding hydrogens is 266 g/mol. The van der Waals surface area contributed by atoms with Crippen LogP contribution in [0.15, 0.2) is 24.3 Å². The van der Waals surface area contributed by atoms with Crippen LogP contribution >= 0.6 is 0 Å². The van der Waals surface area contributed by atoms with Crippen molar-refractivity contribution in [1.29, 1.82) is 0 Å². The van der Waals surface area contributed by atoms with Gasteiger partial charge in [0.2, 0.25) is 0 Å². The van der Waals surface area contributed by atoms with Crippen LogP contribution in [0.3, 0.4) is 0 Å². The summed E-state index contributed by atoms with van der Waals surface area (Å²) in [5.74, 6) is 0.886. The van der Waals surface area contributed by atoms with E-state index in [0.29, 0.717) is 13.2 Å². The molecule has 4 heteroatoms. The Morgan fingerprint density at radius 1 is 1.14 bits per heavy atom. The summed E-state index contributed by atoms with van der Waals surface area (Å²) in [5.41, 5.74) is 0.846. The van der Waals surface area contributed by atoms with E-state index < -0.39 is 0 Å². The Morgan fingerprint density at radius 3 is 2.43 bits per heavy atom. The highest BCUT2D eigenvalue weighted by atomic mass is 16.5. The van der Waals surface area contributed by atoms with Gasteiger partial charge in [0.1, 0.15) is 12.4 Å². The molecule has 0 aliphatic heterocycles. The van der Waals surface area contributed by atoms with Crippen LogP contribution in [0.25, 0.3) is 0 Å². The van der Waals surface area contributed by atoms with Crippen LogP contribution in [0.5, 0.6) is 5.75 Å². The highest BCUT2D eigenvalue weighted by Crippen LogP contribution is 2.36. The zero-order valence-electron chi connectivity index (χ0n) is 13.9. The molecule has 0 saturated carbocycles. The van der Waals surface area contributed by atoms with Gasteiger partial charge in [-0.2, -0.15) is 0 Å². The SMILES string of the molecule is CCNC(c1ccccc1OCCOC)C(C)(CC)OC. The topological polar surface area (TPSA) is 39.7 Å². The van der Waals surface area contributed by atoms with E-state index in [9.17, 15) is 0 Å². The zero-order chi connectivity index (χ0) is 15.7. The van der Waals surface area contributed by atoms with Crippen LogP contribution in [0, 0.1) is 0 Å². The fourth-order valence-electron chi connectivity index (χ4n) is 2.41. The van der Waals surface area contributed by atoms with E-state index in [-0.39, 0.29) is 11.6 Å². The van der Waals surface area contributed by atoms with Crippen LogP contribution in [0.2, 0.25) is 0 Å². The average molecular weight is 295 g/mol. The molecule has 0 fully saturated rings. The number of nitrogens with one attached hydrogen (secondary N) is 1. The summed E-state index contributed by atoms with van der Waals surface area (Å²) in [6, 6.07) is 8.21. The van der Waals surface area contributed by atoms with Crippen LogP contribution in [-0.2, 0) is 9.47 Å². The van der Waals surface area contributed by atoms with E-state index in [2.05, 4.69) is 32.2 Å². The fourth-order valence-corrected chi connectivity index (χ4v) is 2.41. The summed E-state index contributed by atoms with van der Waals surface area (Å²) in [7, 11) is 3.44. The molecule has 0 radical (unpaired) electrons. The summed E-state index contributed by atoms with van der Waals surface area (Å²) in [4.78, 5) is 0. The lowest BCUT2D eigenvalue weighted by molar-refractivity contribution is -0.0303. The molecule has 1 aromatic carbocycles. The standard InChI is InChI=1S/C17H29NO3/c1-6-17(3,20-5)16(18-7-2)14-10-8-9-11-15(14)21-13-12-19-4/h8-11,16,18H,6-7,12-13H2,1-5H3. The number of methoxy groups -OCH3 is 2. The molecule has 0 saturated heterocycles. The largest absolute Gasteiger partial charge is 0.491 e. The van der Waals surface area contributed by atoms with Crippen molar-refractivity contribution in [1.82, 2.24) is 5.32 Å². The number of para-hydroxylation sites is 1. The van der Waals surface area contributed by atoms with E-state index in [0.717, 1.165) is 24.3 Å². The normalized spacial score (nSPS) is 15.5. The van der Waals surface area contributed by atoms with E-state index >= 15 is 0 Å². The Bertz CT molecular complexity index is 405. The predicted molar refractivity (Wildman–Crippen MR) is 85.9 cm³/mol. The Kier molecular flexibility index (Phi) is 7.72. The minimum Gasteiger partial charge on any atom is -0.491 e. The molecule has 1 N–H and O–H groups in total. The first kappa shape index (κ1) is 18.0. The second-order valence-electron chi connectivity index (χ2n) is 5.24. The monoisotopic (exact) mass is 295 g/mol. The summed E-state index contributed by atoms with van der Waals surface area (Å²) in [6.07, 6.45) is 0.910. The molecule has 0 aliphatic rings. The smallest absolute Gasteiger partial charge is 0.124 e. The maximum atomic E-state index is 5.87. The highest BCUT2D eigenvalue weighted by Gasteiger charge is 2.34. The van der Waals surface area contributed by atoms with Gasteiger partial charge in [-0.15, -0.1) is 0 Å². The number of likely N-dealkylation sites (N-methyl/N-ethyl adjacent to an activating group) is 1.